The lowest BCUT2D eigenvalue weighted by Crippen LogP contribution is -2.39. The summed E-state index contributed by atoms with van der Waals surface area (Å²) >= 11 is 6.20. The van der Waals surface area contributed by atoms with Gasteiger partial charge in [-0.15, -0.1) is 0 Å². The van der Waals surface area contributed by atoms with Gasteiger partial charge in [-0.25, -0.2) is 0 Å². The van der Waals surface area contributed by atoms with Crippen molar-refractivity contribution in [2.45, 2.75) is 51.0 Å². The van der Waals surface area contributed by atoms with Crippen LogP contribution in [-0.4, -0.2) is 19.7 Å². The van der Waals surface area contributed by atoms with Crippen LogP contribution in [0.25, 0.3) is 0 Å². The Hall–Kier alpha value is -0.730. The molecule has 0 spiro atoms. The van der Waals surface area contributed by atoms with Gasteiger partial charge in [-0.3, -0.25) is 0 Å². The summed E-state index contributed by atoms with van der Waals surface area (Å²) in [6.07, 6.45) is 5.00. The minimum absolute atomic E-state index is 0.181. The molecule has 0 heterocycles. The second-order valence-corrected chi connectivity index (χ2v) is 6.30. The van der Waals surface area contributed by atoms with Crippen LogP contribution in [0.1, 0.15) is 45.1 Å². The highest BCUT2D eigenvalue weighted by atomic mass is 35.5. The Bertz CT molecular complexity index is 425. The van der Waals surface area contributed by atoms with Crippen molar-refractivity contribution in [2.75, 3.05) is 13.7 Å². The second kappa shape index (κ2) is 6.15. The molecular weight excluding hydrogens is 258 g/mol. The molecule has 0 aromatic heterocycles. The van der Waals surface area contributed by atoms with Crippen LogP contribution in [0.3, 0.4) is 0 Å². The Balaban J connectivity index is 2.35. The van der Waals surface area contributed by atoms with Crippen molar-refractivity contribution < 1.29 is 4.74 Å². The summed E-state index contributed by atoms with van der Waals surface area (Å²) in [6.45, 7) is 5.39. The minimum atomic E-state index is 0.181. The molecule has 106 valence electrons. The normalized spacial score (nSPS) is 17.9. The Kier molecular flexibility index (Phi) is 4.75. The van der Waals surface area contributed by atoms with Crippen LogP contribution in [0.15, 0.2) is 18.2 Å². The van der Waals surface area contributed by atoms with Crippen LogP contribution in [0.4, 0.5) is 0 Å². The molecule has 0 atom stereocenters. The summed E-state index contributed by atoms with van der Waals surface area (Å²) in [5.74, 6) is 0.969. The van der Waals surface area contributed by atoms with Crippen molar-refractivity contribution >= 4 is 11.6 Å². The molecule has 0 amide bonds. The smallest absolute Gasteiger partial charge is 0.122 e. The predicted molar refractivity (Wildman–Crippen MR) is 81.3 cm³/mol. The molecule has 0 aliphatic heterocycles. The van der Waals surface area contributed by atoms with E-state index in [2.05, 4.69) is 25.2 Å². The van der Waals surface area contributed by atoms with Crippen LogP contribution in [0, 0.1) is 0 Å². The zero-order chi connectivity index (χ0) is 13.9. The number of hydrogen-bond acceptors (Lipinski definition) is 2. The molecule has 19 heavy (non-hydrogen) atoms. The van der Waals surface area contributed by atoms with Crippen LogP contribution in [0.5, 0.6) is 5.75 Å². The fourth-order valence-electron chi connectivity index (χ4n) is 3.09. The largest absolute Gasteiger partial charge is 0.496 e. The first-order valence-corrected chi connectivity index (χ1v) is 7.52. The zero-order valence-electron chi connectivity index (χ0n) is 12.1. The zero-order valence-corrected chi connectivity index (χ0v) is 12.9. The molecule has 0 saturated heterocycles. The van der Waals surface area contributed by atoms with Crippen molar-refractivity contribution in [3.8, 4) is 5.75 Å². The van der Waals surface area contributed by atoms with E-state index >= 15 is 0 Å². The monoisotopic (exact) mass is 281 g/mol. The summed E-state index contributed by atoms with van der Waals surface area (Å²) in [6, 6.07) is 6.49. The first kappa shape index (κ1) is 14.7. The number of methoxy groups -OCH3 is 1. The Morgan fingerprint density at radius 3 is 2.58 bits per heavy atom. The summed E-state index contributed by atoms with van der Waals surface area (Å²) in [4.78, 5) is 0. The van der Waals surface area contributed by atoms with Crippen LogP contribution >= 0.6 is 11.6 Å². The molecule has 1 fully saturated rings. The van der Waals surface area contributed by atoms with Crippen molar-refractivity contribution in [1.29, 1.82) is 0 Å². The van der Waals surface area contributed by atoms with Crippen molar-refractivity contribution in [2.24, 2.45) is 0 Å². The van der Waals surface area contributed by atoms with Gasteiger partial charge in [0.05, 0.1) is 7.11 Å². The molecule has 3 heteroatoms. The summed E-state index contributed by atoms with van der Waals surface area (Å²) < 4.78 is 5.56. The molecule has 0 radical (unpaired) electrons. The number of ether oxygens (including phenoxy) is 1. The van der Waals surface area contributed by atoms with Gasteiger partial charge in [0.25, 0.3) is 0 Å². The Labute approximate surface area is 121 Å². The van der Waals surface area contributed by atoms with E-state index in [1.165, 1.54) is 31.2 Å². The lowest BCUT2D eigenvalue weighted by atomic mass is 9.78. The molecule has 1 N–H and O–H groups in total. The van der Waals surface area contributed by atoms with Gasteiger partial charge < -0.3 is 10.1 Å². The van der Waals surface area contributed by atoms with E-state index in [0.717, 1.165) is 17.3 Å². The average Bonchev–Trinajstić information content (AvgIpc) is 2.86. The number of rotatable bonds is 5. The van der Waals surface area contributed by atoms with Crippen LogP contribution in [-0.2, 0) is 5.41 Å². The fourth-order valence-corrected chi connectivity index (χ4v) is 3.26. The number of nitrogens with one attached hydrogen (secondary N) is 1. The SMILES string of the molecule is COc1ccc(Cl)cc1C1(CNC(C)C)CCCC1. The highest BCUT2D eigenvalue weighted by molar-refractivity contribution is 6.30. The molecule has 0 unspecified atom stereocenters. The van der Waals surface area contributed by atoms with Gasteiger partial charge in [-0.2, -0.15) is 0 Å². The lowest BCUT2D eigenvalue weighted by molar-refractivity contribution is 0.353. The van der Waals surface area contributed by atoms with E-state index < -0.39 is 0 Å². The molecule has 1 saturated carbocycles. The first-order valence-electron chi connectivity index (χ1n) is 7.15. The average molecular weight is 282 g/mol. The van der Waals surface area contributed by atoms with E-state index in [4.69, 9.17) is 16.3 Å². The van der Waals surface area contributed by atoms with Gasteiger partial charge in [0.2, 0.25) is 0 Å². The summed E-state index contributed by atoms with van der Waals surface area (Å²) in [5, 5.41) is 4.40. The molecule has 1 aromatic rings. The third-order valence-electron chi connectivity index (χ3n) is 4.14. The van der Waals surface area contributed by atoms with E-state index in [1.54, 1.807) is 7.11 Å². The van der Waals surface area contributed by atoms with Crippen molar-refractivity contribution in [1.82, 2.24) is 5.32 Å². The van der Waals surface area contributed by atoms with Gasteiger partial charge >= 0.3 is 0 Å². The second-order valence-electron chi connectivity index (χ2n) is 5.87. The molecular formula is C16H24ClNO. The van der Waals surface area contributed by atoms with Gasteiger partial charge in [0.15, 0.2) is 0 Å². The van der Waals surface area contributed by atoms with E-state index in [0.29, 0.717) is 6.04 Å². The third-order valence-corrected chi connectivity index (χ3v) is 4.38. The molecule has 0 bridgehead atoms. The van der Waals surface area contributed by atoms with Gasteiger partial charge in [0.1, 0.15) is 5.75 Å². The standard InChI is InChI=1S/C16H24ClNO/c1-12(2)18-11-16(8-4-5-9-16)14-10-13(17)6-7-15(14)19-3/h6-7,10,12,18H,4-5,8-9,11H2,1-3H3. The van der Waals surface area contributed by atoms with Crippen LogP contribution in [0.2, 0.25) is 5.02 Å². The number of benzene rings is 1. The maximum Gasteiger partial charge on any atom is 0.122 e. The predicted octanol–water partition coefficient (Wildman–Crippen LogP) is 4.16. The van der Waals surface area contributed by atoms with Crippen molar-refractivity contribution in [3.63, 3.8) is 0 Å². The maximum absolute atomic E-state index is 6.20. The van der Waals surface area contributed by atoms with Gasteiger partial charge in [-0.05, 0) is 31.0 Å². The fraction of sp³-hybridized carbons (Fsp3) is 0.625. The van der Waals surface area contributed by atoms with Gasteiger partial charge in [0, 0.05) is 28.6 Å². The molecule has 2 nitrogen and oxygen atoms in total. The quantitative estimate of drug-likeness (QED) is 0.875. The Morgan fingerprint density at radius 2 is 2.00 bits per heavy atom. The number of hydrogen-bond donors (Lipinski definition) is 1. The third kappa shape index (κ3) is 3.24. The van der Waals surface area contributed by atoms with E-state index in [1.807, 2.05) is 12.1 Å². The van der Waals surface area contributed by atoms with Crippen LogP contribution < -0.4 is 10.1 Å². The maximum atomic E-state index is 6.20. The lowest BCUT2D eigenvalue weighted by Gasteiger charge is -2.32. The Morgan fingerprint density at radius 1 is 1.32 bits per heavy atom. The topological polar surface area (TPSA) is 21.3 Å². The minimum Gasteiger partial charge on any atom is -0.496 e. The highest BCUT2D eigenvalue weighted by Crippen LogP contribution is 2.45. The molecule has 1 aliphatic carbocycles. The summed E-state index contributed by atoms with van der Waals surface area (Å²) in [7, 11) is 1.74. The number of halogens is 1. The molecule has 2 rings (SSSR count). The first-order chi connectivity index (χ1) is 9.07. The molecule has 1 aromatic carbocycles. The summed E-state index contributed by atoms with van der Waals surface area (Å²) in [5.41, 5.74) is 1.45. The highest BCUT2D eigenvalue weighted by Gasteiger charge is 2.37. The van der Waals surface area contributed by atoms with Crippen molar-refractivity contribution in [3.05, 3.63) is 28.8 Å². The van der Waals surface area contributed by atoms with E-state index in [9.17, 15) is 0 Å². The van der Waals surface area contributed by atoms with Gasteiger partial charge in [-0.1, -0.05) is 38.3 Å². The molecule has 1 aliphatic rings. The van der Waals surface area contributed by atoms with E-state index in [-0.39, 0.29) is 5.41 Å².